The van der Waals surface area contributed by atoms with E-state index in [0.29, 0.717) is 18.7 Å². The molecule has 0 saturated carbocycles. The van der Waals surface area contributed by atoms with Crippen LogP contribution in [0.15, 0.2) is 48.5 Å². The zero-order valence-corrected chi connectivity index (χ0v) is 13.5. The highest BCUT2D eigenvalue weighted by Gasteiger charge is 2.07. The Kier molecular flexibility index (Phi) is 7.08. The van der Waals surface area contributed by atoms with Crippen LogP contribution < -0.4 is 10.1 Å². The summed E-state index contributed by atoms with van der Waals surface area (Å²) in [7, 11) is 0. The van der Waals surface area contributed by atoms with Gasteiger partial charge in [-0.2, -0.15) is 5.26 Å². The molecule has 2 aromatic rings. The van der Waals surface area contributed by atoms with E-state index in [2.05, 4.69) is 11.4 Å². The van der Waals surface area contributed by atoms with Crippen LogP contribution in [0.25, 0.3) is 6.08 Å². The maximum Gasteiger partial charge on any atom is 0.162 e. The molecule has 0 spiro atoms. The average Bonchev–Trinajstić information content (AvgIpc) is 2.63. The molecule has 130 valence electrons. The molecule has 0 bridgehead atoms. The number of nitrogens with zero attached hydrogens (tertiary/aromatic N) is 1. The smallest absolute Gasteiger partial charge is 0.162 e. The Morgan fingerprint density at radius 3 is 2.60 bits per heavy atom. The second kappa shape index (κ2) is 9.52. The molecule has 0 amide bonds. The predicted octanol–water partition coefficient (Wildman–Crippen LogP) is 2.88. The molecule has 0 saturated heterocycles. The van der Waals surface area contributed by atoms with Crippen molar-refractivity contribution in [1.82, 2.24) is 5.32 Å². The molecule has 6 heteroatoms. The van der Waals surface area contributed by atoms with Gasteiger partial charge in [-0.25, -0.2) is 8.78 Å². The highest BCUT2D eigenvalue weighted by atomic mass is 19.2. The first-order valence-electron chi connectivity index (χ1n) is 7.72. The lowest BCUT2D eigenvalue weighted by Gasteiger charge is -2.12. The number of nitriles is 1. The summed E-state index contributed by atoms with van der Waals surface area (Å²) in [5.41, 5.74) is 1.59. The van der Waals surface area contributed by atoms with E-state index in [4.69, 9.17) is 10.00 Å². The fourth-order valence-corrected chi connectivity index (χ4v) is 2.02. The normalized spacial score (nSPS) is 12.1. The summed E-state index contributed by atoms with van der Waals surface area (Å²) < 4.78 is 31.0. The number of aliphatic hydroxyl groups is 1. The Labute approximate surface area is 145 Å². The number of halogens is 2. The minimum absolute atomic E-state index is 0.0303. The second-order valence-electron chi connectivity index (χ2n) is 5.34. The van der Waals surface area contributed by atoms with Crippen molar-refractivity contribution in [3.63, 3.8) is 0 Å². The van der Waals surface area contributed by atoms with Gasteiger partial charge in [0.15, 0.2) is 11.6 Å². The first-order valence-corrected chi connectivity index (χ1v) is 7.72. The largest absolute Gasteiger partial charge is 0.491 e. The highest BCUT2D eigenvalue weighted by molar-refractivity contribution is 5.51. The van der Waals surface area contributed by atoms with Crippen LogP contribution in [0, 0.1) is 23.0 Å². The van der Waals surface area contributed by atoms with Crippen LogP contribution >= 0.6 is 0 Å². The number of hydrogen-bond donors (Lipinski definition) is 2. The number of ether oxygens (including phenoxy) is 1. The van der Waals surface area contributed by atoms with Crippen molar-refractivity contribution in [3.05, 3.63) is 71.3 Å². The van der Waals surface area contributed by atoms with Gasteiger partial charge in [0.05, 0.1) is 11.6 Å². The van der Waals surface area contributed by atoms with Crippen LogP contribution in [-0.2, 0) is 0 Å². The third-order valence-corrected chi connectivity index (χ3v) is 3.33. The van der Waals surface area contributed by atoms with Gasteiger partial charge >= 0.3 is 0 Å². The van der Waals surface area contributed by atoms with E-state index < -0.39 is 17.7 Å². The fraction of sp³-hybridized carbons (Fsp3) is 0.211. The van der Waals surface area contributed by atoms with Crippen LogP contribution in [0.1, 0.15) is 11.1 Å². The first kappa shape index (κ1) is 18.6. The minimum Gasteiger partial charge on any atom is -0.491 e. The molecule has 0 aliphatic heterocycles. The molecule has 25 heavy (non-hydrogen) atoms. The Morgan fingerprint density at radius 2 is 1.92 bits per heavy atom. The van der Waals surface area contributed by atoms with Crippen molar-refractivity contribution in [2.75, 3.05) is 19.7 Å². The van der Waals surface area contributed by atoms with Crippen molar-refractivity contribution >= 4 is 6.08 Å². The average molecular weight is 344 g/mol. The number of nitrogens with one attached hydrogen (secondary N) is 1. The Morgan fingerprint density at radius 1 is 1.16 bits per heavy atom. The van der Waals surface area contributed by atoms with Crippen molar-refractivity contribution in [2.45, 2.75) is 6.10 Å². The Bertz CT molecular complexity index is 755. The molecule has 1 atom stereocenters. The lowest BCUT2D eigenvalue weighted by atomic mass is 10.1. The topological polar surface area (TPSA) is 65.3 Å². The van der Waals surface area contributed by atoms with E-state index in [1.165, 1.54) is 6.07 Å². The summed E-state index contributed by atoms with van der Waals surface area (Å²) >= 11 is 0. The quantitative estimate of drug-likeness (QED) is 0.723. The lowest BCUT2D eigenvalue weighted by Crippen LogP contribution is -2.31. The van der Waals surface area contributed by atoms with Gasteiger partial charge in [-0.15, -0.1) is 0 Å². The molecular formula is C19H18F2N2O2. The second-order valence-corrected chi connectivity index (χ2v) is 5.34. The molecule has 0 fully saturated rings. The van der Waals surface area contributed by atoms with Crippen molar-refractivity contribution in [1.29, 1.82) is 5.26 Å². The van der Waals surface area contributed by atoms with Crippen molar-refractivity contribution in [2.24, 2.45) is 0 Å². The predicted molar refractivity (Wildman–Crippen MR) is 90.9 cm³/mol. The van der Waals surface area contributed by atoms with Gasteiger partial charge < -0.3 is 15.2 Å². The minimum atomic E-state index is -0.988. The van der Waals surface area contributed by atoms with E-state index in [0.717, 1.165) is 17.7 Å². The molecule has 4 nitrogen and oxygen atoms in total. The van der Waals surface area contributed by atoms with Gasteiger partial charge in [0, 0.05) is 19.2 Å². The highest BCUT2D eigenvalue weighted by Crippen LogP contribution is 2.15. The molecule has 0 radical (unpaired) electrons. The SMILES string of the molecule is N#Cc1ccc(/C=C/CNCC(O)COc2ccc(F)c(F)c2)cc1. The van der Waals surface area contributed by atoms with Crippen LogP contribution in [0.5, 0.6) is 5.75 Å². The zero-order chi connectivity index (χ0) is 18.1. The maximum atomic E-state index is 13.0. The maximum absolute atomic E-state index is 13.0. The molecule has 2 rings (SSSR count). The van der Waals surface area contributed by atoms with Gasteiger partial charge in [-0.3, -0.25) is 0 Å². The number of hydrogen-bond acceptors (Lipinski definition) is 4. The van der Waals surface area contributed by atoms with E-state index >= 15 is 0 Å². The molecule has 0 aromatic heterocycles. The van der Waals surface area contributed by atoms with Crippen LogP contribution in [-0.4, -0.2) is 30.9 Å². The van der Waals surface area contributed by atoms with Crippen LogP contribution in [0.4, 0.5) is 8.78 Å². The Hall–Kier alpha value is -2.75. The van der Waals surface area contributed by atoms with Crippen molar-refractivity contribution in [3.8, 4) is 11.8 Å². The summed E-state index contributed by atoms with van der Waals surface area (Å²) in [5.74, 6) is -1.76. The van der Waals surface area contributed by atoms with Crippen LogP contribution in [0.2, 0.25) is 0 Å². The first-order chi connectivity index (χ1) is 12.1. The van der Waals surface area contributed by atoms with E-state index in [1.807, 2.05) is 24.3 Å². The summed E-state index contributed by atoms with van der Waals surface area (Å²) in [6.45, 7) is 0.807. The molecule has 0 aliphatic rings. The van der Waals surface area contributed by atoms with Gasteiger partial charge in [0.2, 0.25) is 0 Å². The van der Waals surface area contributed by atoms with Crippen LogP contribution in [0.3, 0.4) is 0 Å². The third kappa shape index (κ3) is 6.34. The molecular weight excluding hydrogens is 326 g/mol. The monoisotopic (exact) mass is 344 g/mol. The van der Waals surface area contributed by atoms with E-state index in [1.54, 1.807) is 12.1 Å². The summed E-state index contributed by atoms with van der Waals surface area (Å²) in [5, 5.41) is 21.6. The lowest BCUT2D eigenvalue weighted by molar-refractivity contribution is 0.107. The van der Waals surface area contributed by atoms with Crippen molar-refractivity contribution < 1.29 is 18.6 Å². The summed E-state index contributed by atoms with van der Waals surface area (Å²) in [4.78, 5) is 0. The summed E-state index contributed by atoms with van der Waals surface area (Å²) in [6, 6.07) is 12.5. The van der Waals surface area contributed by atoms with Gasteiger partial charge in [-0.05, 0) is 29.8 Å². The molecule has 0 aliphatic carbocycles. The number of benzene rings is 2. The van der Waals surface area contributed by atoms with Gasteiger partial charge in [0.25, 0.3) is 0 Å². The number of rotatable bonds is 8. The standard InChI is InChI=1S/C19H18F2N2O2/c20-18-8-7-17(10-19(18)21)25-13-16(24)12-23-9-1-2-14-3-5-15(11-22)6-4-14/h1-8,10,16,23-24H,9,12-13H2/b2-1+. The summed E-state index contributed by atoms with van der Waals surface area (Å²) in [6.07, 6.45) is 3.01. The molecule has 2 N–H and O–H groups in total. The van der Waals surface area contributed by atoms with E-state index in [-0.39, 0.29) is 12.4 Å². The fourth-order valence-electron chi connectivity index (χ4n) is 2.02. The molecule has 1 unspecified atom stereocenters. The zero-order valence-electron chi connectivity index (χ0n) is 13.5. The third-order valence-electron chi connectivity index (χ3n) is 3.33. The van der Waals surface area contributed by atoms with Gasteiger partial charge in [0.1, 0.15) is 18.5 Å². The molecule has 2 aromatic carbocycles. The van der Waals surface area contributed by atoms with E-state index in [9.17, 15) is 13.9 Å². The number of aliphatic hydroxyl groups excluding tert-OH is 1. The van der Waals surface area contributed by atoms with Gasteiger partial charge in [-0.1, -0.05) is 24.3 Å². The Balaban J connectivity index is 1.66. The molecule has 0 heterocycles.